The quantitative estimate of drug-likeness (QED) is 0.505. The number of rotatable bonds is 4. The number of hydrogen-bond donors (Lipinski definition) is 2. The van der Waals surface area contributed by atoms with Crippen molar-refractivity contribution in [1.29, 1.82) is 0 Å². The standard InChI is InChI=1S/C15H15BrFN3O/c1-20(14-5-3-2-4-13(14)17)9-11-7-6-10(8-12(11)16)15(21)19-18/h2-8H,9,18H2,1H3,(H,19,21). The van der Waals surface area contributed by atoms with Gasteiger partial charge in [-0.15, -0.1) is 0 Å². The lowest BCUT2D eigenvalue weighted by Crippen LogP contribution is -2.30. The summed E-state index contributed by atoms with van der Waals surface area (Å²) < 4.78 is 14.5. The molecule has 2 rings (SSSR count). The predicted octanol–water partition coefficient (Wildman–Crippen LogP) is 2.83. The molecule has 0 aliphatic heterocycles. The number of halogens is 2. The first kappa shape index (κ1) is 15.5. The largest absolute Gasteiger partial charge is 0.368 e. The number of para-hydroxylation sites is 1. The highest BCUT2D eigenvalue weighted by atomic mass is 79.9. The summed E-state index contributed by atoms with van der Waals surface area (Å²) in [6, 6.07) is 11.8. The van der Waals surface area contributed by atoms with Crippen LogP contribution in [-0.4, -0.2) is 13.0 Å². The Morgan fingerprint density at radius 3 is 2.67 bits per heavy atom. The van der Waals surface area contributed by atoms with Crippen molar-refractivity contribution in [2.24, 2.45) is 5.84 Å². The molecule has 0 unspecified atom stereocenters. The monoisotopic (exact) mass is 351 g/mol. The Kier molecular flexibility index (Phi) is 4.93. The van der Waals surface area contributed by atoms with Gasteiger partial charge in [-0.2, -0.15) is 0 Å². The lowest BCUT2D eigenvalue weighted by molar-refractivity contribution is 0.0953. The van der Waals surface area contributed by atoms with Crippen LogP contribution in [0.2, 0.25) is 0 Å². The molecule has 0 saturated carbocycles. The molecule has 4 nitrogen and oxygen atoms in total. The molecule has 0 aromatic heterocycles. The van der Waals surface area contributed by atoms with Crippen LogP contribution in [0.3, 0.4) is 0 Å². The average molecular weight is 352 g/mol. The number of nitrogens with zero attached hydrogens (tertiary/aromatic N) is 1. The summed E-state index contributed by atoms with van der Waals surface area (Å²) in [5.74, 6) is 4.48. The number of anilines is 1. The van der Waals surface area contributed by atoms with E-state index in [2.05, 4.69) is 21.4 Å². The Labute approximate surface area is 130 Å². The first-order valence-electron chi connectivity index (χ1n) is 6.28. The predicted molar refractivity (Wildman–Crippen MR) is 84.3 cm³/mol. The zero-order valence-electron chi connectivity index (χ0n) is 11.4. The zero-order valence-corrected chi connectivity index (χ0v) is 13.0. The summed E-state index contributed by atoms with van der Waals surface area (Å²) in [7, 11) is 1.81. The van der Waals surface area contributed by atoms with Gasteiger partial charge >= 0.3 is 0 Å². The lowest BCUT2D eigenvalue weighted by Gasteiger charge is -2.21. The number of carbonyl (C=O) groups is 1. The second-order valence-corrected chi connectivity index (χ2v) is 5.44. The van der Waals surface area contributed by atoms with Crippen LogP contribution in [0.5, 0.6) is 0 Å². The van der Waals surface area contributed by atoms with Gasteiger partial charge in [0.15, 0.2) is 0 Å². The number of carbonyl (C=O) groups excluding carboxylic acids is 1. The summed E-state index contributed by atoms with van der Waals surface area (Å²) in [5, 5.41) is 0. The highest BCUT2D eigenvalue weighted by Gasteiger charge is 2.11. The molecular weight excluding hydrogens is 337 g/mol. The SMILES string of the molecule is CN(Cc1ccc(C(=O)NN)cc1Br)c1ccccc1F. The third-order valence-electron chi connectivity index (χ3n) is 3.12. The Morgan fingerprint density at radius 1 is 1.33 bits per heavy atom. The number of hydrogen-bond acceptors (Lipinski definition) is 3. The molecular formula is C15H15BrFN3O. The summed E-state index contributed by atoms with van der Waals surface area (Å²) in [6.07, 6.45) is 0. The van der Waals surface area contributed by atoms with Crippen LogP contribution in [-0.2, 0) is 6.54 Å². The van der Waals surface area contributed by atoms with Crippen molar-refractivity contribution in [3.8, 4) is 0 Å². The number of amides is 1. The van der Waals surface area contributed by atoms with Crippen LogP contribution < -0.4 is 16.2 Å². The molecule has 2 aromatic rings. The maximum Gasteiger partial charge on any atom is 0.265 e. The van der Waals surface area contributed by atoms with Gasteiger partial charge < -0.3 is 4.90 Å². The third-order valence-corrected chi connectivity index (χ3v) is 3.86. The smallest absolute Gasteiger partial charge is 0.265 e. The molecule has 2 aromatic carbocycles. The number of nitrogens with one attached hydrogen (secondary N) is 1. The van der Waals surface area contributed by atoms with Crippen LogP contribution in [0.15, 0.2) is 46.9 Å². The first-order valence-corrected chi connectivity index (χ1v) is 7.07. The Bertz CT molecular complexity index is 663. The lowest BCUT2D eigenvalue weighted by atomic mass is 10.1. The molecule has 0 heterocycles. The summed E-state index contributed by atoms with van der Waals surface area (Å²) >= 11 is 3.42. The Hall–Kier alpha value is -1.92. The van der Waals surface area contributed by atoms with E-state index in [-0.39, 0.29) is 11.7 Å². The van der Waals surface area contributed by atoms with Crippen molar-refractivity contribution in [3.05, 3.63) is 63.9 Å². The second-order valence-electron chi connectivity index (χ2n) is 4.59. The van der Waals surface area contributed by atoms with Gasteiger partial charge in [0.25, 0.3) is 5.91 Å². The van der Waals surface area contributed by atoms with E-state index >= 15 is 0 Å². The van der Waals surface area contributed by atoms with E-state index in [1.165, 1.54) is 6.07 Å². The van der Waals surface area contributed by atoms with Crippen LogP contribution in [0.4, 0.5) is 10.1 Å². The summed E-state index contributed by atoms with van der Waals surface area (Å²) in [4.78, 5) is 13.3. The molecule has 0 radical (unpaired) electrons. The normalized spacial score (nSPS) is 10.3. The van der Waals surface area contributed by atoms with Crippen LogP contribution in [0.1, 0.15) is 15.9 Å². The highest BCUT2D eigenvalue weighted by molar-refractivity contribution is 9.10. The summed E-state index contributed by atoms with van der Waals surface area (Å²) in [6.45, 7) is 0.506. The molecule has 21 heavy (non-hydrogen) atoms. The van der Waals surface area contributed by atoms with Crippen molar-refractivity contribution >= 4 is 27.5 Å². The Balaban J connectivity index is 2.20. The van der Waals surface area contributed by atoms with Gasteiger partial charge in [0.05, 0.1) is 5.69 Å². The van der Waals surface area contributed by atoms with Crippen molar-refractivity contribution in [3.63, 3.8) is 0 Å². The maximum atomic E-state index is 13.7. The van der Waals surface area contributed by atoms with Gasteiger partial charge in [-0.3, -0.25) is 10.2 Å². The average Bonchev–Trinajstić information content (AvgIpc) is 2.48. The first-order chi connectivity index (χ1) is 10.0. The van der Waals surface area contributed by atoms with Gasteiger partial charge in [0.2, 0.25) is 0 Å². The maximum absolute atomic E-state index is 13.7. The van der Waals surface area contributed by atoms with Gasteiger partial charge in [0.1, 0.15) is 5.82 Å². The van der Waals surface area contributed by atoms with Crippen molar-refractivity contribution in [2.45, 2.75) is 6.54 Å². The van der Waals surface area contributed by atoms with E-state index in [9.17, 15) is 9.18 Å². The van der Waals surface area contributed by atoms with E-state index in [4.69, 9.17) is 5.84 Å². The number of hydrazine groups is 1. The molecule has 0 aliphatic rings. The second kappa shape index (κ2) is 6.69. The van der Waals surface area contributed by atoms with Crippen molar-refractivity contribution < 1.29 is 9.18 Å². The highest BCUT2D eigenvalue weighted by Crippen LogP contribution is 2.24. The molecule has 1 amide bonds. The fraction of sp³-hybridized carbons (Fsp3) is 0.133. The minimum atomic E-state index is -0.357. The molecule has 0 fully saturated rings. The van der Waals surface area contributed by atoms with Crippen LogP contribution in [0, 0.1) is 5.82 Å². The third kappa shape index (κ3) is 3.59. The van der Waals surface area contributed by atoms with E-state index in [1.807, 2.05) is 13.1 Å². The molecule has 0 spiro atoms. The van der Waals surface area contributed by atoms with Gasteiger partial charge in [-0.05, 0) is 29.8 Å². The van der Waals surface area contributed by atoms with Crippen molar-refractivity contribution in [1.82, 2.24) is 5.43 Å². The van der Waals surface area contributed by atoms with E-state index < -0.39 is 0 Å². The fourth-order valence-electron chi connectivity index (χ4n) is 2.00. The molecule has 6 heteroatoms. The molecule has 3 N–H and O–H groups in total. The van der Waals surface area contributed by atoms with Crippen molar-refractivity contribution in [2.75, 3.05) is 11.9 Å². The molecule has 110 valence electrons. The van der Waals surface area contributed by atoms with E-state index in [0.29, 0.717) is 17.8 Å². The number of benzene rings is 2. The van der Waals surface area contributed by atoms with Gasteiger partial charge in [-0.25, -0.2) is 10.2 Å². The number of nitrogen functional groups attached to an aromatic ring is 1. The molecule has 0 atom stereocenters. The van der Waals surface area contributed by atoms with Gasteiger partial charge in [0, 0.05) is 23.6 Å². The topological polar surface area (TPSA) is 58.4 Å². The molecule has 0 bridgehead atoms. The Morgan fingerprint density at radius 2 is 2.05 bits per heavy atom. The molecule has 0 saturated heterocycles. The molecule has 0 aliphatic carbocycles. The minimum Gasteiger partial charge on any atom is -0.368 e. The fourth-order valence-corrected chi connectivity index (χ4v) is 2.51. The summed E-state index contributed by atoms with van der Waals surface area (Å²) in [5.41, 5.74) is 4.00. The zero-order chi connectivity index (χ0) is 15.4. The van der Waals surface area contributed by atoms with E-state index in [0.717, 1.165) is 10.0 Å². The minimum absolute atomic E-state index is 0.268. The van der Waals surface area contributed by atoms with Crippen LogP contribution >= 0.6 is 15.9 Å². The number of nitrogens with two attached hydrogens (primary N) is 1. The van der Waals surface area contributed by atoms with Gasteiger partial charge in [-0.1, -0.05) is 34.1 Å². The van der Waals surface area contributed by atoms with E-state index in [1.54, 1.807) is 35.2 Å². The van der Waals surface area contributed by atoms with Crippen LogP contribution in [0.25, 0.3) is 0 Å².